The van der Waals surface area contributed by atoms with Crippen molar-refractivity contribution in [3.8, 4) is 6.07 Å². The van der Waals surface area contributed by atoms with Crippen molar-refractivity contribution in [1.82, 2.24) is 4.72 Å². The fourth-order valence-electron chi connectivity index (χ4n) is 0.812. The Labute approximate surface area is 92.7 Å². The van der Waals surface area contributed by atoms with Gasteiger partial charge < -0.3 is 5.11 Å². The minimum atomic E-state index is -3.81. The number of nitrogens with one attached hydrogen (secondary N) is 1. The Hall–Kier alpha value is -0.780. The van der Waals surface area contributed by atoms with Crippen molar-refractivity contribution >= 4 is 27.8 Å². The van der Waals surface area contributed by atoms with Crippen LogP contribution in [0.5, 0.6) is 0 Å². The van der Waals surface area contributed by atoms with E-state index in [0.29, 0.717) is 5.75 Å². The maximum absolute atomic E-state index is 11.1. The van der Waals surface area contributed by atoms with Crippen molar-refractivity contribution < 1.29 is 18.3 Å². The molecule has 0 rings (SSSR count). The molecule has 0 unspecified atom stereocenters. The molecule has 0 radical (unpaired) electrons. The topological polar surface area (TPSA) is 107 Å². The number of aliphatic carboxylic acids is 1. The van der Waals surface area contributed by atoms with Crippen LogP contribution in [0.25, 0.3) is 0 Å². The molecule has 0 aromatic rings. The molecule has 0 fully saturated rings. The van der Waals surface area contributed by atoms with E-state index in [2.05, 4.69) is 0 Å². The molecule has 0 saturated heterocycles. The molecular formula is C7H12N2O4S2. The van der Waals surface area contributed by atoms with Gasteiger partial charge in [-0.05, 0) is 18.4 Å². The number of nitriles is 1. The van der Waals surface area contributed by atoms with E-state index in [1.165, 1.54) is 17.8 Å². The normalized spacial score (nSPS) is 13.1. The van der Waals surface area contributed by atoms with Gasteiger partial charge in [-0.2, -0.15) is 17.0 Å². The Balaban J connectivity index is 4.42. The monoisotopic (exact) mass is 252 g/mol. The average Bonchev–Trinajstić information content (AvgIpc) is 2.11. The quantitative estimate of drug-likeness (QED) is 0.640. The molecule has 15 heavy (non-hydrogen) atoms. The first-order valence-corrected chi connectivity index (χ1v) is 7.06. The summed E-state index contributed by atoms with van der Waals surface area (Å²) in [4.78, 5) is 10.7. The fraction of sp³-hybridized carbons (Fsp3) is 0.714. The Morgan fingerprint density at radius 3 is 2.67 bits per heavy atom. The summed E-state index contributed by atoms with van der Waals surface area (Å²) in [5.74, 6) is -1.42. The molecule has 0 saturated carbocycles. The van der Waals surface area contributed by atoms with Crippen LogP contribution in [-0.4, -0.2) is 43.3 Å². The highest BCUT2D eigenvalue weighted by atomic mass is 32.2. The standard InChI is InChI=1S/C7H12N2O4S2/c1-14-4-2-6(7(10)11)9-15(12,13)5-3-8/h6,9H,2,4-5H2,1H3,(H,10,11)/t6-/m1/s1. The molecule has 0 aromatic carbocycles. The summed E-state index contributed by atoms with van der Waals surface area (Å²) in [5, 5.41) is 16.9. The molecule has 0 aliphatic heterocycles. The molecule has 0 bridgehead atoms. The van der Waals surface area contributed by atoms with Gasteiger partial charge in [0.2, 0.25) is 10.0 Å². The number of carboxylic acid groups (broad SMARTS) is 1. The number of carbonyl (C=O) groups is 1. The molecule has 0 aliphatic rings. The van der Waals surface area contributed by atoms with Crippen LogP contribution in [0, 0.1) is 11.3 Å². The zero-order chi connectivity index (χ0) is 11.9. The summed E-state index contributed by atoms with van der Waals surface area (Å²) in [6, 6.07) is 0.303. The second kappa shape index (κ2) is 6.66. The van der Waals surface area contributed by atoms with Crippen molar-refractivity contribution in [1.29, 1.82) is 5.26 Å². The predicted molar refractivity (Wildman–Crippen MR) is 57.0 cm³/mol. The number of carboxylic acids is 1. The number of hydrogen-bond donors (Lipinski definition) is 2. The van der Waals surface area contributed by atoms with E-state index in [1.54, 1.807) is 6.26 Å². The molecule has 1 atom stereocenters. The van der Waals surface area contributed by atoms with Crippen LogP contribution in [0.2, 0.25) is 0 Å². The molecule has 0 aromatic heterocycles. The number of nitrogens with zero attached hydrogens (tertiary/aromatic N) is 1. The second-order valence-corrected chi connectivity index (χ2v) is 5.45. The summed E-state index contributed by atoms with van der Waals surface area (Å²) in [7, 11) is -3.81. The van der Waals surface area contributed by atoms with Crippen molar-refractivity contribution in [3.05, 3.63) is 0 Å². The van der Waals surface area contributed by atoms with Crippen LogP contribution in [0.1, 0.15) is 6.42 Å². The number of rotatable bonds is 7. The third kappa shape index (κ3) is 6.33. The minimum absolute atomic E-state index is 0.196. The number of thioether (sulfide) groups is 1. The third-order valence-electron chi connectivity index (χ3n) is 1.49. The van der Waals surface area contributed by atoms with Gasteiger partial charge in [-0.25, -0.2) is 13.1 Å². The highest BCUT2D eigenvalue weighted by Gasteiger charge is 2.23. The molecule has 0 amide bonds. The highest BCUT2D eigenvalue weighted by Crippen LogP contribution is 2.02. The van der Waals surface area contributed by atoms with E-state index >= 15 is 0 Å². The Morgan fingerprint density at radius 1 is 1.67 bits per heavy atom. The van der Waals surface area contributed by atoms with Gasteiger partial charge in [0, 0.05) is 0 Å². The molecule has 0 heterocycles. The summed E-state index contributed by atoms with van der Waals surface area (Å²) < 4.78 is 24.2. The van der Waals surface area contributed by atoms with E-state index in [4.69, 9.17) is 10.4 Å². The van der Waals surface area contributed by atoms with Crippen LogP contribution in [0.4, 0.5) is 0 Å². The minimum Gasteiger partial charge on any atom is -0.480 e. The average molecular weight is 252 g/mol. The lowest BCUT2D eigenvalue weighted by Crippen LogP contribution is -2.42. The first-order valence-electron chi connectivity index (χ1n) is 4.01. The van der Waals surface area contributed by atoms with Crippen LogP contribution in [0.3, 0.4) is 0 Å². The molecule has 0 spiro atoms. The molecular weight excluding hydrogens is 240 g/mol. The molecule has 2 N–H and O–H groups in total. The highest BCUT2D eigenvalue weighted by molar-refractivity contribution is 7.98. The third-order valence-corrected chi connectivity index (χ3v) is 3.28. The predicted octanol–water partition coefficient (Wildman–Crippen LogP) is -0.364. The van der Waals surface area contributed by atoms with E-state index in [0.717, 1.165) is 0 Å². The van der Waals surface area contributed by atoms with Gasteiger partial charge in [0.25, 0.3) is 0 Å². The Morgan fingerprint density at radius 2 is 2.27 bits per heavy atom. The lowest BCUT2D eigenvalue weighted by Gasteiger charge is -2.12. The number of hydrogen-bond acceptors (Lipinski definition) is 5. The second-order valence-electron chi connectivity index (χ2n) is 2.71. The first kappa shape index (κ1) is 14.2. The van der Waals surface area contributed by atoms with Crippen LogP contribution in [-0.2, 0) is 14.8 Å². The zero-order valence-corrected chi connectivity index (χ0v) is 9.77. The van der Waals surface area contributed by atoms with Gasteiger partial charge >= 0.3 is 5.97 Å². The maximum Gasteiger partial charge on any atom is 0.321 e. The van der Waals surface area contributed by atoms with E-state index in [1.807, 2.05) is 4.72 Å². The van der Waals surface area contributed by atoms with Gasteiger partial charge in [-0.1, -0.05) is 0 Å². The van der Waals surface area contributed by atoms with Crippen molar-refractivity contribution in [2.45, 2.75) is 12.5 Å². The lowest BCUT2D eigenvalue weighted by molar-refractivity contribution is -0.139. The number of sulfonamides is 1. The summed E-state index contributed by atoms with van der Waals surface area (Å²) in [5.41, 5.74) is 0. The zero-order valence-electron chi connectivity index (χ0n) is 8.13. The van der Waals surface area contributed by atoms with E-state index < -0.39 is 27.8 Å². The molecule has 86 valence electrons. The molecule has 0 aliphatic carbocycles. The van der Waals surface area contributed by atoms with Gasteiger partial charge in [-0.15, -0.1) is 0 Å². The summed E-state index contributed by atoms with van der Waals surface area (Å²) in [6.07, 6.45) is 1.99. The fourth-order valence-corrected chi connectivity index (χ4v) is 2.19. The molecule has 6 nitrogen and oxygen atoms in total. The SMILES string of the molecule is CSCC[C@@H](NS(=O)(=O)CC#N)C(=O)O. The van der Waals surface area contributed by atoms with Crippen molar-refractivity contribution in [3.63, 3.8) is 0 Å². The summed E-state index contributed by atoms with van der Waals surface area (Å²) in [6.45, 7) is 0. The van der Waals surface area contributed by atoms with Crippen molar-refractivity contribution in [2.24, 2.45) is 0 Å². The largest absolute Gasteiger partial charge is 0.480 e. The van der Waals surface area contributed by atoms with Gasteiger partial charge in [-0.3, -0.25) is 4.79 Å². The van der Waals surface area contributed by atoms with E-state index in [9.17, 15) is 13.2 Å². The van der Waals surface area contributed by atoms with Crippen LogP contribution >= 0.6 is 11.8 Å². The smallest absolute Gasteiger partial charge is 0.321 e. The van der Waals surface area contributed by atoms with E-state index in [-0.39, 0.29) is 6.42 Å². The maximum atomic E-state index is 11.1. The Kier molecular flexibility index (Phi) is 6.31. The Bertz CT molecular complexity index is 346. The van der Waals surface area contributed by atoms with Gasteiger partial charge in [0.05, 0.1) is 6.07 Å². The van der Waals surface area contributed by atoms with Gasteiger partial charge in [0.15, 0.2) is 5.75 Å². The van der Waals surface area contributed by atoms with Gasteiger partial charge in [0.1, 0.15) is 6.04 Å². The van der Waals surface area contributed by atoms with Crippen molar-refractivity contribution in [2.75, 3.05) is 17.8 Å². The van der Waals surface area contributed by atoms with Crippen LogP contribution in [0.15, 0.2) is 0 Å². The lowest BCUT2D eigenvalue weighted by atomic mass is 10.2. The van der Waals surface area contributed by atoms with Crippen LogP contribution < -0.4 is 4.72 Å². The first-order chi connectivity index (χ1) is 6.93. The molecule has 8 heteroatoms. The summed E-state index contributed by atoms with van der Waals surface area (Å²) >= 11 is 1.42.